The maximum Gasteiger partial charge on any atom is 0.354 e. The standard InChI is InChI=1S/C15H15N3O2/c19-15(20)14-12-9-18(7-6-13(12)16-10-17-14)8-11-4-2-1-3-5-11/h1-5,10H,6-9H2,(H,19,20). The summed E-state index contributed by atoms with van der Waals surface area (Å²) in [6.07, 6.45) is 2.11. The molecule has 1 aromatic heterocycles. The number of fused-ring (bicyclic) bond motifs is 1. The average molecular weight is 269 g/mol. The van der Waals surface area contributed by atoms with Gasteiger partial charge < -0.3 is 5.11 Å². The smallest absolute Gasteiger partial charge is 0.354 e. The predicted octanol–water partition coefficient (Wildman–Crippen LogP) is 1.73. The van der Waals surface area contributed by atoms with Crippen LogP contribution in [0.1, 0.15) is 27.3 Å². The van der Waals surface area contributed by atoms with Crippen molar-refractivity contribution in [1.82, 2.24) is 14.9 Å². The number of hydrogen-bond donors (Lipinski definition) is 1. The lowest BCUT2D eigenvalue weighted by Crippen LogP contribution is -2.32. The molecule has 5 heteroatoms. The topological polar surface area (TPSA) is 66.3 Å². The second-order valence-electron chi connectivity index (χ2n) is 4.90. The normalized spacial score (nSPS) is 14.8. The highest BCUT2D eigenvalue weighted by Crippen LogP contribution is 2.21. The van der Waals surface area contributed by atoms with E-state index in [0.717, 1.165) is 30.8 Å². The summed E-state index contributed by atoms with van der Waals surface area (Å²) >= 11 is 0. The van der Waals surface area contributed by atoms with Crippen molar-refractivity contribution in [3.05, 3.63) is 59.2 Å². The molecule has 1 aromatic carbocycles. The molecule has 0 aliphatic carbocycles. The Balaban J connectivity index is 1.82. The van der Waals surface area contributed by atoms with Crippen LogP contribution in [-0.4, -0.2) is 32.5 Å². The van der Waals surface area contributed by atoms with E-state index < -0.39 is 5.97 Å². The lowest BCUT2D eigenvalue weighted by molar-refractivity contribution is 0.0686. The number of carbonyl (C=O) groups is 1. The molecule has 5 nitrogen and oxygen atoms in total. The Bertz CT molecular complexity index is 628. The molecule has 20 heavy (non-hydrogen) atoms. The van der Waals surface area contributed by atoms with Crippen molar-refractivity contribution in [1.29, 1.82) is 0 Å². The molecule has 0 saturated carbocycles. The summed E-state index contributed by atoms with van der Waals surface area (Å²) in [6, 6.07) is 10.2. The number of nitrogens with zero attached hydrogens (tertiary/aromatic N) is 3. The maximum absolute atomic E-state index is 11.2. The van der Waals surface area contributed by atoms with Crippen LogP contribution in [0, 0.1) is 0 Å². The van der Waals surface area contributed by atoms with Crippen LogP contribution in [-0.2, 0) is 19.5 Å². The lowest BCUT2D eigenvalue weighted by atomic mass is 10.0. The van der Waals surface area contributed by atoms with Gasteiger partial charge in [-0.1, -0.05) is 30.3 Å². The fourth-order valence-electron chi connectivity index (χ4n) is 2.56. The highest BCUT2D eigenvalue weighted by atomic mass is 16.4. The highest BCUT2D eigenvalue weighted by Gasteiger charge is 2.23. The molecule has 2 aromatic rings. The largest absolute Gasteiger partial charge is 0.476 e. The summed E-state index contributed by atoms with van der Waals surface area (Å²) in [5.74, 6) is -0.981. The van der Waals surface area contributed by atoms with Crippen molar-refractivity contribution in [3.63, 3.8) is 0 Å². The lowest BCUT2D eigenvalue weighted by Gasteiger charge is -2.28. The molecule has 0 fully saturated rings. The molecule has 1 aliphatic heterocycles. The van der Waals surface area contributed by atoms with Crippen molar-refractivity contribution in [2.45, 2.75) is 19.5 Å². The molecule has 0 saturated heterocycles. The van der Waals surface area contributed by atoms with E-state index in [1.165, 1.54) is 11.9 Å². The molecule has 1 aliphatic rings. The van der Waals surface area contributed by atoms with Gasteiger partial charge in [-0.3, -0.25) is 4.90 Å². The minimum Gasteiger partial charge on any atom is -0.476 e. The summed E-state index contributed by atoms with van der Waals surface area (Å²) in [5.41, 5.74) is 2.97. The Morgan fingerprint density at radius 3 is 2.80 bits per heavy atom. The number of carboxylic acids is 1. The molecule has 0 spiro atoms. The van der Waals surface area contributed by atoms with Gasteiger partial charge in [0.15, 0.2) is 5.69 Å². The summed E-state index contributed by atoms with van der Waals surface area (Å²) in [6.45, 7) is 2.29. The molecular formula is C15H15N3O2. The fraction of sp³-hybridized carbons (Fsp3) is 0.267. The van der Waals surface area contributed by atoms with Crippen LogP contribution >= 0.6 is 0 Å². The Morgan fingerprint density at radius 1 is 1.25 bits per heavy atom. The van der Waals surface area contributed by atoms with Crippen LogP contribution in [0.3, 0.4) is 0 Å². The van der Waals surface area contributed by atoms with Gasteiger partial charge in [0.25, 0.3) is 0 Å². The number of benzene rings is 1. The SMILES string of the molecule is O=C(O)c1ncnc2c1CN(Cc1ccccc1)CC2. The van der Waals surface area contributed by atoms with E-state index in [1.54, 1.807) is 0 Å². The highest BCUT2D eigenvalue weighted by molar-refractivity contribution is 5.87. The Kier molecular flexibility index (Phi) is 3.43. The molecule has 2 heterocycles. The Hall–Kier alpha value is -2.27. The average Bonchev–Trinajstić information content (AvgIpc) is 2.47. The van der Waals surface area contributed by atoms with Gasteiger partial charge >= 0.3 is 5.97 Å². The number of aromatic nitrogens is 2. The van der Waals surface area contributed by atoms with Crippen LogP contribution in [0.5, 0.6) is 0 Å². The van der Waals surface area contributed by atoms with Gasteiger partial charge in [-0.25, -0.2) is 14.8 Å². The maximum atomic E-state index is 11.2. The van der Waals surface area contributed by atoms with E-state index in [9.17, 15) is 9.90 Å². The van der Waals surface area contributed by atoms with Crippen molar-refractivity contribution < 1.29 is 9.90 Å². The van der Waals surface area contributed by atoms with Gasteiger partial charge in [-0.05, 0) is 5.56 Å². The van der Waals surface area contributed by atoms with Crippen molar-refractivity contribution in [2.75, 3.05) is 6.54 Å². The van der Waals surface area contributed by atoms with E-state index in [0.29, 0.717) is 6.54 Å². The number of rotatable bonds is 3. The van der Waals surface area contributed by atoms with Crippen LogP contribution in [0.25, 0.3) is 0 Å². The van der Waals surface area contributed by atoms with Gasteiger partial charge in [0.2, 0.25) is 0 Å². The minimum absolute atomic E-state index is 0.132. The second-order valence-corrected chi connectivity index (χ2v) is 4.90. The third-order valence-electron chi connectivity index (χ3n) is 3.53. The molecule has 0 unspecified atom stereocenters. The number of carboxylic acid groups (broad SMARTS) is 1. The zero-order chi connectivity index (χ0) is 13.9. The van der Waals surface area contributed by atoms with Crippen LogP contribution in [0.4, 0.5) is 0 Å². The first-order chi connectivity index (χ1) is 9.74. The second kappa shape index (κ2) is 5.38. The van der Waals surface area contributed by atoms with E-state index in [4.69, 9.17) is 0 Å². The third-order valence-corrected chi connectivity index (χ3v) is 3.53. The third kappa shape index (κ3) is 2.53. The summed E-state index contributed by atoms with van der Waals surface area (Å²) in [7, 11) is 0. The van der Waals surface area contributed by atoms with Gasteiger partial charge in [0.1, 0.15) is 6.33 Å². The van der Waals surface area contributed by atoms with Gasteiger partial charge in [0.05, 0.1) is 5.69 Å². The van der Waals surface area contributed by atoms with Crippen LogP contribution in [0.2, 0.25) is 0 Å². The fourth-order valence-corrected chi connectivity index (χ4v) is 2.56. The van der Waals surface area contributed by atoms with Gasteiger partial charge in [0, 0.05) is 31.6 Å². The zero-order valence-electron chi connectivity index (χ0n) is 11.0. The van der Waals surface area contributed by atoms with E-state index >= 15 is 0 Å². The van der Waals surface area contributed by atoms with E-state index in [2.05, 4.69) is 27.0 Å². The first-order valence-electron chi connectivity index (χ1n) is 6.56. The molecule has 102 valence electrons. The zero-order valence-corrected chi connectivity index (χ0v) is 11.0. The predicted molar refractivity (Wildman–Crippen MR) is 73.3 cm³/mol. The van der Waals surface area contributed by atoms with Crippen LogP contribution in [0.15, 0.2) is 36.7 Å². The molecule has 0 atom stereocenters. The Morgan fingerprint density at radius 2 is 2.05 bits per heavy atom. The quantitative estimate of drug-likeness (QED) is 0.919. The first kappa shape index (κ1) is 12.7. The molecule has 1 N–H and O–H groups in total. The van der Waals surface area contributed by atoms with Crippen molar-refractivity contribution >= 4 is 5.97 Å². The monoisotopic (exact) mass is 269 g/mol. The van der Waals surface area contributed by atoms with Gasteiger partial charge in [-0.2, -0.15) is 0 Å². The minimum atomic E-state index is -0.981. The van der Waals surface area contributed by atoms with Gasteiger partial charge in [-0.15, -0.1) is 0 Å². The molecule has 3 rings (SSSR count). The number of hydrogen-bond acceptors (Lipinski definition) is 4. The van der Waals surface area contributed by atoms with E-state index in [-0.39, 0.29) is 5.69 Å². The molecular weight excluding hydrogens is 254 g/mol. The van der Waals surface area contributed by atoms with E-state index in [1.807, 2.05) is 18.2 Å². The summed E-state index contributed by atoms with van der Waals surface area (Å²) in [5, 5.41) is 9.21. The first-order valence-corrected chi connectivity index (χ1v) is 6.56. The van der Waals surface area contributed by atoms with Crippen LogP contribution < -0.4 is 0 Å². The summed E-state index contributed by atoms with van der Waals surface area (Å²) in [4.78, 5) is 21.6. The molecule has 0 bridgehead atoms. The molecule has 0 amide bonds. The van der Waals surface area contributed by atoms with Crippen molar-refractivity contribution in [3.8, 4) is 0 Å². The number of aromatic carboxylic acids is 1. The molecule has 0 radical (unpaired) electrons. The summed E-state index contributed by atoms with van der Waals surface area (Å²) < 4.78 is 0. The van der Waals surface area contributed by atoms with Crippen molar-refractivity contribution in [2.24, 2.45) is 0 Å². The Labute approximate surface area is 116 Å².